The van der Waals surface area contributed by atoms with Gasteiger partial charge >= 0.3 is 0 Å². The van der Waals surface area contributed by atoms with Crippen LogP contribution in [0.25, 0.3) is 10.8 Å². The number of carbonyl (C=O) groups is 1. The van der Waals surface area contributed by atoms with Crippen LogP contribution in [-0.4, -0.2) is 18.7 Å². The Bertz CT molecular complexity index is 942. The molecule has 0 aliphatic rings. The van der Waals surface area contributed by atoms with Gasteiger partial charge in [-0.2, -0.15) is 5.10 Å². The van der Waals surface area contributed by atoms with Crippen LogP contribution in [0, 0.1) is 0 Å². The third kappa shape index (κ3) is 4.50. The maximum absolute atomic E-state index is 11.8. The molecule has 3 rings (SSSR count). The van der Waals surface area contributed by atoms with Gasteiger partial charge in [-0.25, -0.2) is 5.43 Å². The number of hydrazone groups is 1. The summed E-state index contributed by atoms with van der Waals surface area (Å²) in [4.78, 5) is 11.8. The summed E-state index contributed by atoms with van der Waals surface area (Å²) in [6.07, 6.45) is 1.43. The molecular weight excluding hydrogens is 359 g/mol. The van der Waals surface area contributed by atoms with Crippen LogP contribution >= 0.6 is 23.2 Å². The molecule has 126 valence electrons. The molecule has 0 saturated carbocycles. The molecule has 0 heterocycles. The van der Waals surface area contributed by atoms with Gasteiger partial charge in [-0.3, -0.25) is 4.79 Å². The van der Waals surface area contributed by atoms with Crippen LogP contribution in [0.4, 0.5) is 0 Å². The molecule has 0 fully saturated rings. The summed E-state index contributed by atoms with van der Waals surface area (Å²) in [5, 5.41) is 6.83. The molecule has 1 N–H and O–H groups in total. The van der Waals surface area contributed by atoms with Gasteiger partial charge in [-0.15, -0.1) is 0 Å². The van der Waals surface area contributed by atoms with E-state index < -0.39 is 0 Å². The average Bonchev–Trinajstić information content (AvgIpc) is 2.63. The Hall–Kier alpha value is -2.56. The predicted molar refractivity (Wildman–Crippen MR) is 102 cm³/mol. The second kappa shape index (κ2) is 8.01. The van der Waals surface area contributed by atoms with Crippen molar-refractivity contribution in [3.05, 3.63) is 76.3 Å². The number of carbonyl (C=O) groups excluding carboxylic acids is 1. The number of rotatable bonds is 5. The van der Waals surface area contributed by atoms with Crippen LogP contribution in [0.15, 0.2) is 65.8 Å². The fourth-order valence-corrected chi connectivity index (χ4v) is 2.59. The zero-order valence-electron chi connectivity index (χ0n) is 13.1. The molecule has 1 amide bonds. The molecule has 0 atom stereocenters. The quantitative estimate of drug-likeness (QED) is 0.522. The molecule has 6 heteroatoms. The first-order chi connectivity index (χ1) is 12.1. The zero-order valence-corrected chi connectivity index (χ0v) is 14.6. The first-order valence-corrected chi connectivity index (χ1v) is 8.26. The Labute approximate surface area is 155 Å². The summed E-state index contributed by atoms with van der Waals surface area (Å²) in [5.74, 6) is 0.248. The molecule has 0 radical (unpaired) electrons. The number of nitrogens with one attached hydrogen (secondary N) is 1. The molecular formula is C19H14Cl2N2O2. The third-order valence-corrected chi connectivity index (χ3v) is 4.30. The predicted octanol–water partition coefficient (Wildman–Crippen LogP) is 4.68. The second-order valence-corrected chi connectivity index (χ2v) is 6.02. The maximum atomic E-state index is 11.8. The topological polar surface area (TPSA) is 50.7 Å². The number of fused-ring (bicyclic) bond motifs is 1. The molecule has 0 bridgehead atoms. The van der Waals surface area contributed by atoms with E-state index in [0.717, 1.165) is 10.8 Å². The lowest BCUT2D eigenvalue weighted by atomic mass is 10.1. The maximum Gasteiger partial charge on any atom is 0.277 e. The minimum Gasteiger partial charge on any atom is -0.484 e. The highest BCUT2D eigenvalue weighted by molar-refractivity contribution is 6.43. The van der Waals surface area contributed by atoms with E-state index in [1.165, 1.54) is 6.21 Å². The second-order valence-electron chi connectivity index (χ2n) is 5.23. The molecule has 3 aromatic rings. The van der Waals surface area contributed by atoms with E-state index in [-0.39, 0.29) is 12.5 Å². The van der Waals surface area contributed by atoms with E-state index in [4.69, 9.17) is 27.9 Å². The highest BCUT2D eigenvalue weighted by Crippen LogP contribution is 2.24. The SMILES string of the molecule is O=C(COc1ccc2ccccc2c1)N/N=C/c1cccc(Cl)c1Cl. The average molecular weight is 373 g/mol. The summed E-state index contributed by atoms with van der Waals surface area (Å²) < 4.78 is 5.49. The van der Waals surface area contributed by atoms with Crippen molar-refractivity contribution in [2.45, 2.75) is 0 Å². The third-order valence-electron chi connectivity index (χ3n) is 3.47. The molecule has 0 aromatic heterocycles. The Kier molecular flexibility index (Phi) is 5.53. The Morgan fingerprint density at radius 1 is 1.04 bits per heavy atom. The molecule has 25 heavy (non-hydrogen) atoms. The first-order valence-electron chi connectivity index (χ1n) is 7.51. The number of nitrogens with zero attached hydrogens (tertiary/aromatic N) is 1. The van der Waals surface area contributed by atoms with E-state index in [2.05, 4.69) is 10.5 Å². The van der Waals surface area contributed by atoms with Crippen molar-refractivity contribution < 1.29 is 9.53 Å². The smallest absolute Gasteiger partial charge is 0.277 e. The standard InChI is InChI=1S/C19H14Cl2N2O2/c20-17-7-3-6-15(19(17)21)11-22-23-18(24)12-25-16-9-8-13-4-1-2-5-14(13)10-16/h1-11H,12H2,(H,23,24)/b22-11+. The minimum atomic E-state index is -0.373. The number of amides is 1. The van der Waals surface area contributed by atoms with E-state index >= 15 is 0 Å². The van der Waals surface area contributed by atoms with Crippen LogP contribution in [0.1, 0.15) is 5.56 Å². The van der Waals surface area contributed by atoms with E-state index in [0.29, 0.717) is 21.4 Å². The van der Waals surface area contributed by atoms with Gasteiger partial charge in [0.25, 0.3) is 5.91 Å². The normalized spacial score (nSPS) is 11.0. The fourth-order valence-electron chi connectivity index (χ4n) is 2.23. The van der Waals surface area contributed by atoms with Crippen molar-refractivity contribution >= 4 is 46.1 Å². The molecule has 3 aromatic carbocycles. The Morgan fingerprint density at radius 3 is 2.68 bits per heavy atom. The van der Waals surface area contributed by atoms with Crippen molar-refractivity contribution in [2.24, 2.45) is 5.10 Å². The van der Waals surface area contributed by atoms with Crippen molar-refractivity contribution in [1.82, 2.24) is 5.43 Å². The summed E-state index contributed by atoms with van der Waals surface area (Å²) >= 11 is 12.0. The summed E-state index contributed by atoms with van der Waals surface area (Å²) in [6, 6.07) is 18.8. The van der Waals surface area contributed by atoms with Crippen molar-refractivity contribution in [1.29, 1.82) is 0 Å². The van der Waals surface area contributed by atoms with Crippen LogP contribution in [0.5, 0.6) is 5.75 Å². The molecule has 0 aliphatic heterocycles. The lowest BCUT2D eigenvalue weighted by Gasteiger charge is -2.06. The van der Waals surface area contributed by atoms with Gasteiger partial charge < -0.3 is 4.74 Å². The Morgan fingerprint density at radius 2 is 1.84 bits per heavy atom. The number of hydrogen-bond acceptors (Lipinski definition) is 3. The zero-order chi connectivity index (χ0) is 17.6. The largest absolute Gasteiger partial charge is 0.484 e. The van der Waals surface area contributed by atoms with Gasteiger partial charge in [0.05, 0.1) is 16.3 Å². The van der Waals surface area contributed by atoms with Crippen LogP contribution < -0.4 is 10.2 Å². The molecule has 4 nitrogen and oxygen atoms in total. The van der Waals surface area contributed by atoms with Crippen molar-refractivity contribution in [2.75, 3.05) is 6.61 Å². The molecule has 0 saturated heterocycles. The highest BCUT2D eigenvalue weighted by Gasteiger charge is 2.04. The lowest BCUT2D eigenvalue weighted by molar-refractivity contribution is -0.123. The first kappa shape index (κ1) is 17.3. The number of halogens is 2. The van der Waals surface area contributed by atoms with Gasteiger partial charge in [-0.05, 0) is 29.0 Å². The monoisotopic (exact) mass is 372 g/mol. The molecule has 0 aliphatic carbocycles. The van der Waals surface area contributed by atoms with Gasteiger partial charge in [0.15, 0.2) is 6.61 Å². The van der Waals surface area contributed by atoms with Gasteiger partial charge in [-0.1, -0.05) is 65.7 Å². The van der Waals surface area contributed by atoms with Crippen LogP contribution in [-0.2, 0) is 4.79 Å². The summed E-state index contributed by atoms with van der Waals surface area (Å²) in [7, 11) is 0. The van der Waals surface area contributed by atoms with Crippen molar-refractivity contribution in [3.63, 3.8) is 0 Å². The summed E-state index contributed by atoms with van der Waals surface area (Å²) in [6.45, 7) is -0.140. The van der Waals surface area contributed by atoms with Crippen LogP contribution in [0.2, 0.25) is 10.0 Å². The van der Waals surface area contributed by atoms with Crippen LogP contribution in [0.3, 0.4) is 0 Å². The van der Waals surface area contributed by atoms with Gasteiger partial charge in [0, 0.05) is 5.56 Å². The number of benzene rings is 3. The van der Waals surface area contributed by atoms with E-state index in [1.807, 2.05) is 42.5 Å². The number of ether oxygens (including phenoxy) is 1. The Balaban J connectivity index is 1.55. The lowest BCUT2D eigenvalue weighted by Crippen LogP contribution is -2.24. The highest BCUT2D eigenvalue weighted by atomic mass is 35.5. The van der Waals surface area contributed by atoms with Crippen molar-refractivity contribution in [3.8, 4) is 5.75 Å². The van der Waals surface area contributed by atoms with Gasteiger partial charge in [0.2, 0.25) is 0 Å². The summed E-state index contributed by atoms with van der Waals surface area (Å²) in [5.41, 5.74) is 3.00. The fraction of sp³-hybridized carbons (Fsp3) is 0.0526. The van der Waals surface area contributed by atoms with E-state index in [9.17, 15) is 4.79 Å². The van der Waals surface area contributed by atoms with Gasteiger partial charge in [0.1, 0.15) is 5.75 Å². The molecule has 0 unspecified atom stereocenters. The van der Waals surface area contributed by atoms with E-state index in [1.54, 1.807) is 18.2 Å². The molecule has 0 spiro atoms. The number of hydrogen-bond donors (Lipinski definition) is 1. The minimum absolute atomic E-state index is 0.140.